The Morgan fingerprint density at radius 3 is 2.38 bits per heavy atom. The number of ether oxygens (including phenoxy) is 1. The highest BCUT2D eigenvalue weighted by Gasteiger charge is 2.43. The number of hydrogen-bond acceptors (Lipinski definition) is 2. The number of ketones is 1. The second-order valence-electron chi connectivity index (χ2n) is 6.68. The molecule has 1 aliphatic carbocycles. The fourth-order valence-corrected chi connectivity index (χ4v) is 2.95. The zero-order valence-electron chi connectivity index (χ0n) is 12.8. The third kappa shape index (κ3) is 3.31. The molecule has 116 valence electrons. The molecule has 0 aliphatic heterocycles. The quantitative estimate of drug-likeness (QED) is 0.837. The minimum Gasteiger partial charge on any atom is -0.370 e. The molecule has 1 fully saturated rings. The molecule has 0 heterocycles. The van der Waals surface area contributed by atoms with Crippen molar-refractivity contribution in [3.63, 3.8) is 0 Å². The zero-order chi connectivity index (χ0) is 15.7. The van der Waals surface area contributed by atoms with Crippen molar-refractivity contribution in [2.75, 3.05) is 7.11 Å². The van der Waals surface area contributed by atoms with Crippen LogP contribution in [0.2, 0.25) is 0 Å². The Kier molecular flexibility index (Phi) is 4.47. The van der Waals surface area contributed by atoms with Crippen LogP contribution in [0.1, 0.15) is 45.1 Å². The summed E-state index contributed by atoms with van der Waals surface area (Å²) in [7, 11) is 1.53. The van der Waals surface area contributed by atoms with E-state index in [1.54, 1.807) is 0 Å². The minimum absolute atomic E-state index is 0.0984. The molecule has 0 aromatic heterocycles. The van der Waals surface area contributed by atoms with Gasteiger partial charge in [0.1, 0.15) is 5.60 Å². The van der Waals surface area contributed by atoms with Gasteiger partial charge in [0.05, 0.1) is 0 Å². The maximum atomic E-state index is 13.7. The summed E-state index contributed by atoms with van der Waals surface area (Å²) in [4.78, 5) is 12.6. The number of rotatable bonds is 4. The molecule has 0 spiro atoms. The summed E-state index contributed by atoms with van der Waals surface area (Å²) in [6.45, 7) is 4.34. The summed E-state index contributed by atoms with van der Waals surface area (Å²) in [5, 5.41) is 0. The summed E-state index contributed by atoms with van der Waals surface area (Å²) in [5.41, 5.74) is -0.554. The van der Waals surface area contributed by atoms with Crippen LogP contribution in [0.3, 0.4) is 0 Å². The van der Waals surface area contributed by atoms with Crippen LogP contribution < -0.4 is 0 Å². The fourth-order valence-electron chi connectivity index (χ4n) is 2.95. The van der Waals surface area contributed by atoms with Crippen molar-refractivity contribution in [3.05, 3.63) is 35.4 Å². The molecule has 21 heavy (non-hydrogen) atoms. The third-order valence-corrected chi connectivity index (χ3v) is 4.69. The Labute approximate surface area is 124 Å². The minimum atomic E-state index is -0.937. The van der Waals surface area contributed by atoms with Crippen LogP contribution in [0.5, 0.6) is 0 Å². The molecular weight excluding hydrogens is 274 g/mol. The first-order valence-corrected chi connectivity index (χ1v) is 7.31. The summed E-state index contributed by atoms with van der Waals surface area (Å²) >= 11 is 0. The van der Waals surface area contributed by atoms with Gasteiger partial charge >= 0.3 is 0 Å². The molecule has 0 N–H and O–H groups in total. The summed E-state index contributed by atoms with van der Waals surface area (Å²) in [6, 6.07) is 3.93. The standard InChI is InChI=1S/C17H22F2O2/c1-16(2)7-9-17(21-3,10-8-16)14(20)11-12-5-4-6-13(18)15(12)19/h4-6H,7-11H2,1-3H3. The van der Waals surface area contributed by atoms with Crippen molar-refractivity contribution in [3.8, 4) is 0 Å². The molecule has 0 amide bonds. The lowest BCUT2D eigenvalue weighted by atomic mass is 9.69. The molecule has 0 unspecified atom stereocenters. The predicted molar refractivity (Wildman–Crippen MR) is 77.1 cm³/mol. The smallest absolute Gasteiger partial charge is 0.169 e. The lowest BCUT2D eigenvalue weighted by molar-refractivity contribution is -0.147. The molecular formula is C17H22F2O2. The van der Waals surface area contributed by atoms with E-state index in [2.05, 4.69) is 13.8 Å². The van der Waals surface area contributed by atoms with Gasteiger partial charge in [-0.1, -0.05) is 26.0 Å². The van der Waals surface area contributed by atoms with E-state index >= 15 is 0 Å². The molecule has 4 heteroatoms. The molecule has 0 bridgehead atoms. The maximum absolute atomic E-state index is 13.7. The van der Waals surface area contributed by atoms with E-state index in [0.29, 0.717) is 12.8 Å². The van der Waals surface area contributed by atoms with Gasteiger partial charge in [-0.25, -0.2) is 8.78 Å². The first kappa shape index (κ1) is 16.1. The van der Waals surface area contributed by atoms with Crippen molar-refractivity contribution < 1.29 is 18.3 Å². The highest BCUT2D eigenvalue weighted by Crippen LogP contribution is 2.42. The van der Waals surface area contributed by atoms with Crippen LogP contribution >= 0.6 is 0 Å². The molecule has 2 rings (SSSR count). The number of benzene rings is 1. The van der Waals surface area contributed by atoms with Crippen molar-refractivity contribution in [1.82, 2.24) is 0 Å². The van der Waals surface area contributed by atoms with E-state index in [0.717, 1.165) is 18.9 Å². The Morgan fingerprint density at radius 1 is 1.19 bits per heavy atom. The zero-order valence-corrected chi connectivity index (χ0v) is 12.8. The Balaban J connectivity index is 2.16. The predicted octanol–water partition coefficient (Wildman–Crippen LogP) is 4.06. The van der Waals surface area contributed by atoms with Crippen molar-refractivity contribution >= 4 is 5.78 Å². The van der Waals surface area contributed by atoms with E-state index in [9.17, 15) is 13.6 Å². The highest BCUT2D eigenvalue weighted by atomic mass is 19.2. The second-order valence-corrected chi connectivity index (χ2v) is 6.68. The van der Waals surface area contributed by atoms with Crippen molar-refractivity contribution in [2.24, 2.45) is 5.41 Å². The molecule has 1 aromatic carbocycles. The van der Waals surface area contributed by atoms with Gasteiger partial charge in [0.25, 0.3) is 0 Å². The molecule has 0 saturated heterocycles. The Hall–Kier alpha value is -1.29. The molecule has 0 radical (unpaired) electrons. The van der Waals surface area contributed by atoms with Crippen LogP contribution in [0.4, 0.5) is 8.78 Å². The van der Waals surface area contributed by atoms with Gasteiger partial charge in [-0.3, -0.25) is 4.79 Å². The average Bonchev–Trinajstić information content (AvgIpc) is 2.44. The van der Waals surface area contributed by atoms with Gasteiger partial charge in [0, 0.05) is 13.5 Å². The number of methoxy groups -OCH3 is 1. The van der Waals surface area contributed by atoms with E-state index < -0.39 is 17.2 Å². The third-order valence-electron chi connectivity index (χ3n) is 4.69. The Bertz CT molecular complexity index is 528. The number of hydrogen-bond donors (Lipinski definition) is 0. The van der Waals surface area contributed by atoms with Gasteiger partial charge < -0.3 is 4.74 Å². The Morgan fingerprint density at radius 2 is 1.81 bits per heavy atom. The van der Waals surface area contributed by atoms with E-state index in [-0.39, 0.29) is 23.2 Å². The van der Waals surface area contributed by atoms with Crippen LogP contribution in [0, 0.1) is 17.0 Å². The second kappa shape index (κ2) is 5.84. The average molecular weight is 296 g/mol. The lowest BCUT2D eigenvalue weighted by Gasteiger charge is -2.41. The SMILES string of the molecule is COC1(C(=O)Cc2cccc(F)c2F)CCC(C)(C)CC1. The van der Waals surface area contributed by atoms with Gasteiger partial charge in [0.15, 0.2) is 17.4 Å². The van der Waals surface area contributed by atoms with Crippen LogP contribution in [-0.2, 0) is 16.0 Å². The van der Waals surface area contributed by atoms with E-state index in [4.69, 9.17) is 4.74 Å². The molecule has 2 nitrogen and oxygen atoms in total. The van der Waals surface area contributed by atoms with Crippen LogP contribution in [0.25, 0.3) is 0 Å². The normalized spacial score (nSPS) is 20.2. The van der Waals surface area contributed by atoms with Crippen LogP contribution in [0.15, 0.2) is 18.2 Å². The van der Waals surface area contributed by atoms with Gasteiger partial charge in [-0.05, 0) is 42.7 Å². The molecule has 0 atom stereocenters. The first-order valence-electron chi connectivity index (χ1n) is 7.31. The number of halogens is 2. The number of carbonyl (C=O) groups is 1. The largest absolute Gasteiger partial charge is 0.370 e. The monoisotopic (exact) mass is 296 g/mol. The molecule has 1 aliphatic rings. The summed E-state index contributed by atoms with van der Waals surface area (Å²) < 4.78 is 32.5. The maximum Gasteiger partial charge on any atom is 0.169 e. The number of carbonyl (C=O) groups excluding carboxylic acids is 1. The van der Waals surface area contributed by atoms with Gasteiger partial charge in [-0.2, -0.15) is 0 Å². The fraction of sp³-hybridized carbons (Fsp3) is 0.588. The first-order chi connectivity index (χ1) is 9.80. The summed E-state index contributed by atoms with van der Waals surface area (Å²) in [6.07, 6.45) is 2.91. The van der Waals surface area contributed by atoms with Crippen molar-refractivity contribution in [2.45, 2.75) is 51.6 Å². The van der Waals surface area contributed by atoms with E-state index in [1.165, 1.54) is 19.2 Å². The molecule has 1 saturated carbocycles. The van der Waals surface area contributed by atoms with Gasteiger partial charge in [0.2, 0.25) is 0 Å². The van der Waals surface area contributed by atoms with Crippen LogP contribution in [-0.4, -0.2) is 18.5 Å². The van der Waals surface area contributed by atoms with Gasteiger partial charge in [-0.15, -0.1) is 0 Å². The molecule has 1 aromatic rings. The summed E-state index contributed by atoms with van der Waals surface area (Å²) in [5.74, 6) is -2.02. The van der Waals surface area contributed by atoms with Crippen molar-refractivity contribution in [1.29, 1.82) is 0 Å². The highest BCUT2D eigenvalue weighted by molar-refractivity contribution is 5.89. The lowest BCUT2D eigenvalue weighted by Crippen LogP contribution is -2.46. The topological polar surface area (TPSA) is 26.3 Å². The van der Waals surface area contributed by atoms with E-state index in [1.807, 2.05) is 0 Å². The number of Topliss-reactive ketones (excluding diaryl/α,β-unsaturated/α-hetero) is 1.